The molecule has 5 heteroatoms. The van der Waals surface area contributed by atoms with Gasteiger partial charge in [0.25, 0.3) is 0 Å². The summed E-state index contributed by atoms with van der Waals surface area (Å²) in [6.07, 6.45) is -4.33. The minimum atomic E-state index is -4.33. The first-order valence-corrected chi connectivity index (χ1v) is 4.72. The van der Waals surface area contributed by atoms with Gasteiger partial charge in [-0.1, -0.05) is 28.1 Å². The molecule has 1 aliphatic rings. The third-order valence-corrected chi connectivity index (χ3v) is 2.73. The summed E-state index contributed by atoms with van der Waals surface area (Å²) in [7, 11) is 0. The van der Waals surface area contributed by atoms with Gasteiger partial charge in [0.2, 0.25) is 5.60 Å². The van der Waals surface area contributed by atoms with E-state index in [-0.39, 0.29) is 12.2 Å². The minimum absolute atomic E-state index is 0.160. The summed E-state index contributed by atoms with van der Waals surface area (Å²) in [6, 6.07) is 5.99. The van der Waals surface area contributed by atoms with Gasteiger partial charge in [0.1, 0.15) is 0 Å². The molecule has 0 N–H and O–H groups in total. The van der Waals surface area contributed by atoms with Gasteiger partial charge in [-0.2, -0.15) is 13.2 Å². The second kappa shape index (κ2) is 2.97. The lowest BCUT2D eigenvalue weighted by atomic mass is 10.00. The lowest BCUT2D eigenvalue weighted by Crippen LogP contribution is -2.30. The highest BCUT2D eigenvalue weighted by Crippen LogP contribution is 2.51. The largest absolute Gasteiger partial charge is 0.424 e. The van der Waals surface area contributed by atoms with E-state index < -0.39 is 11.8 Å². The van der Waals surface area contributed by atoms with E-state index in [4.69, 9.17) is 0 Å². The van der Waals surface area contributed by atoms with Crippen LogP contribution >= 0.6 is 15.9 Å². The molecule has 0 radical (unpaired) electrons. The normalized spacial score (nSPS) is 26.3. The average molecular weight is 267 g/mol. The highest BCUT2D eigenvalue weighted by Gasteiger charge is 2.66. The first kappa shape index (κ1) is 9.98. The third kappa shape index (κ3) is 1.44. The number of epoxide rings is 1. The van der Waals surface area contributed by atoms with Crippen LogP contribution in [0.3, 0.4) is 0 Å². The molecule has 1 aliphatic heterocycles. The summed E-state index contributed by atoms with van der Waals surface area (Å²) in [5.74, 6) is 0. The molecule has 0 saturated carbocycles. The molecule has 1 atom stereocenters. The standard InChI is InChI=1S/C9H6BrF3O/c10-7-3-1-6(2-4-7)8(5-14-8)9(11,12)13/h1-4H,5H2/t8-/m1/s1. The van der Waals surface area contributed by atoms with Crippen molar-refractivity contribution in [2.45, 2.75) is 11.8 Å². The minimum Gasteiger partial charge on any atom is -0.355 e. The van der Waals surface area contributed by atoms with Crippen LogP contribution in [-0.4, -0.2) is 12.8 Å². The summed E-state index contributed by atoms with van der Waals surface area (Å²) < 4.78 is 42.9. The number of benzene rings is 1. The van der Waals surface area contributed by atoms with E-state index >= 15 is 0 Å². The number of hydrogen-bond acceptors (Lipinski definition) is 1. The SMILES string of the molecule is FC(F)(F)[C@]1(c2ccc(Br)cc2)CO1. The maximum absolute atomic E-state index is 12.5. The van der Waals surface area contributed by atoms with Crippen LogP contribution in [0.4, 0.5) is 13.2 Å². The molecule has 0 aliphatic carbocycles. The smallest absolute Gasteiger partial charge is 0.355 e. The molecule has 0 unspecified atom stereocenters. The topological polar surface area (TPSA) is 12.5 Å². The lowest BCUT2D eigenvalue weighted by molar-refractivity contribution is -0.187. The van der Waals surface area contributed by atoms with E-state index in [1.807, 2.05) is 0 Å². The van der Waals surface area contributed by atoms with Crippen molar-refractivity contribution in [1.82, 2.24) is 0 Å². The Hall–Kier alpha value is -0.550. The molecule has 1 fully saturated rings. The van der Waals surface area contributed by atoms with E-state index in [9.17, 15) is 13.2 Å². The predicted octanol–water partition coefficient (Wildman–Crippen LogP) is 3.24. The maximum atomic E-state index is 12.5. The molecule has 76 valence electrons. The Morgan fingerprint density at radius 3 is 2.07 bits per heavy atom. The quantitative estimate of drug-likeness (QED) is 0.711. The number of ether oxygens (including phenoxy) is 1. The molecule has 1 aromatic rings. The van der Waals surface area contributed by atoms with E-state index in [1.54, 1.807) is 12.1 Å². The van der Waals surface area contributed by atoms with Crippen LogP contribution in [0.2, 0.25) is 0 Å². The van der Waals surface area contributed by atoms with Gasteiger partial charge in [-0.25, -0.2) is 0 Å². The number of hydrogen-bond donors (Lipinski definition) is 0. The van der Waals surface area contributed by atoms with Crippen molar-refractivity contribution in [3.05, 3.63) is 34.3 Å². The number of halogens is 4. The van der Waals surface area contributed by atoms with Crippen LogP contribution in [0, 0.1) is 0 Å². The van der Waals surface area contributed by atoms with E-state index in [0.717, 1.165) is 4.47 Å². The van der Waals surface area contributed by atoms with Crippen molar-refractivity contribution in [3.8, 4) is 0 Å². The Bertz CT molecular complexity index is 340. The van der Waals surface area contributed by atoms with Crippen molar-refractivity contribution in [1.29, 1.82) is 0 Å². The van der Waals surface area contributed by atoms with Crippen molar-refractivity contribution >= 4 is 15.9 Å². The van der Waals surface area contributed by atoms with Crippen molar-refractivity contribution < 1.29 is 17.9 Å². The number of rotatable bonds is 1. The van der Waals surface area contributed by atoms with Gasteiger partial charge in [-0.05, 0) is 17.7 Å². The average Bonchev–Trinajstić information content (AvgIpc) is 2.84. The molecular weight excluding hydrogens is 261 g/mol. The summed E-state index contributed by atoms with van der Waals surface area (Å²) in [5.41, 5.74) is -1.89. The fourth-order valence-electron chi connectivity index (χ4n) is 1.29. The summed E-state index contributed by atoms with van der Waals surface area (Å²) in [6.45, 7) is -0.280. The maximum Gasteiger partial charge on any atom is 0.424 e. The molecule has 0 bridgehead atoms. The molecule has 14 heavy (non-hydrogen) atoms. The monoisotopic (exact) mass is 266 g/mol. The Kier molecular flexibility index (Phi) is 2.12. The highest BCUT2D eigenvalue weighted by atomic mass is 79.9. The van der Waals surface area contributed by atoms with E-state index in [0.29, 0.717) is 0 Å². The van der Waals surface area contributed by atoms with Gasteiger partial charge in [0, 0.05) is 4.47 Å². The molecular formula is C9H6BrF3O. The van der Waals surface area contributed by atoms with Gasteiger partial charge in [-0.3, -0.25) is 0 Å². The molecule has 0 amide bonds. The first-order chi connectivity index (χ1) is 6.46. The van der Waals surface area contributed by atoms with E-state index in [1.165, 1.54) is 12.1 Å². The molecule has 2 rings (SSSR count). The molecule has 0 spiro atoms. The first-order valence-electron chi connectivity index (χ1n) is 3.92. The summed E-state index contributed by atoms with van der Waals surface area (Å²) >= 11 is 3.16. The predicted molar refractivity (Wildman–Crippen MR) is 47.8 cm³/mol. The number of alkyl halides is 3. The second-order valence-corrected chi connectivity index (χ2v) is 4.04. The Morgan fingerprint density at radius 2 is 1.71 bits per heavy atom. The Morgan fingerprint density at radius 1 is 1.21 bits per heavy atom. The molecule has 1 aromatic carbocycles. The fraction of sp³-hybridized carbons (Fsp3) is 0.333. The van der Waals surface area contributed by atoms with Crippen LogP contribution < -0.4 is 0 Å². The summed E-state index contributed by atoms with van der Waals surface area (Å²) in [5, 5.41) is 0. The van der Waals surface area contributed by atoms with Crippen LogP contribution in [-0.2, 0) is 10.3 Å². The zero-order valence-electron chi connectivity index (χ0n) is 6.94. The molecule has 0 aromatic heterocycles. The highest BCUT2D eigenvalue weighted by molar-refractivity contribution is 9.10. The lowest BCUT2D eigenvalue weighted by Gasteiger charge is -2.15. The van der Waals surface area contributed by atoms with Crippen LogP contribution in [0.5, 0.6) is 0 Å². The van der Waals surface area contributed by atoms with Gasteiger partial charge < -0.3 is 4.74 Å². The zero-order chi connectivity index (χ0) is 10.4. The molecule has 1 nitrogen and oxygen atoms in total. The van der Waals surface area contributed by atoms with Crippen molar-refractivity contribution in [2.24, 2.45) is 0 Å². The Labute approximate surface area is 87.0 Å². The summed E-state index contributed by atoms with van der Waals surface area (Å²) in [4.78, 5) is 0. The van der Waals surface area contributed by atoms with Gasteiger partial charge >= 0.3 is 6.18 Å². The molecule has 1 heterocycles. The van der Waals surface area contributed by atoms with Crippen molar-refractivity contribution in [3.63, 3.8) is 0 Å². The Balaban J connectivity index is 2.36. The van der Waals surface area contributed by atoms with Crippen molar-refractivity contribution in [2.75, 3.05) is 6.61 Å². The van der Waals surface area contributed by atoms with Crippen LogP contribution in [0.25, 0.3) is 0 Å². The van der Waals surface area contributed by atoms with Gasteiger partial charge in [0.15, 0.2) is 0 Å². The third-order valence-electron chi connectivity index (χ3n) is 2.20. The molecule has 1 saturated heterocycles. The van der Waals surface area contributed by atoms with Crippen LogP contribution in [0.1, 0.15) is 5.56 Å². The zero-order valence-corrected chi connectivity index (χ0v) is 8.52. The van der Waals surface area contributed by atoms with Gasteiger partial charge in [0.05, 0.1) is 6.61 Å². The fourth-order valence-corrected chi connectivity index (χ4v) is 1.55. The second-order valence-electron chi connectivity index (χ2n) is 3.12. The van der Waals surface area contributed by atoms with Gasteiger partial charge in [-0.15, -0.1) is 0 Å². The van der Waals surface area contributed by atoms with E-state index in [2.05, 4.69) is 20.7 Å². The van der Waals surface area contributed by atoms with Crippen LogP contribution in [0.15, 0.2) is 28.7 Å².